The Kier molecular flexibility index (Phi) is 4.47. The highest BCUT2D eigenvalue weighted by Crippen LogP contribution is 2.22. The minimum Gasteiger partial charge on any atom is -0.491 e. The number of rotatable bonds is 4. The van der Waals surface area contributed by atoms with Crippen molar-refractivity contribution in [2.45, 2.75) is 26.9 Å². The molecule has 0 aliphatic carbocycles. The lowest BCUT2D eigenvalue weighted by Crippen LogP contribution is -2.06. The summed E-state index contributed by atoms with van der Waals surface area (Å²) in [6.07, 6.45) is 1.84. The molecule has 3 rings (SSSR count). The summed E-state index contributed by atoms with van der Waals surface area (Å²) in [4.78, 5) is 16.4. The van der Waals surface area contributed by atoms with E-state index in [9.17, 15) is 4.79 Å². The van der Waals surface area contributed by atoms with Gasteiger partial charge >= 0.3 is 5.97 Å². The number of nitrogens with zero attached hydrogens (tertiary/aromatic N) is 1. The Labute approximate surface area is 141 Å². The summed E-state index contributed by atoms with van der Waals surface area (Å²) in [7, 11) is 0. The van der Waals surface area contributed by atoms with Gasteiger partial charge in [-0.1, -0.05) is 30.3 Å². The molecule has 0 unspecified atom stereocenters. The molecule has 4 heteroatoms. The van der Waals surface area contributed by atoms with Crippen LogP contribution in [0.25, 0.3) is 6.08 Å². The zero-order valence-corrected chi connectivity index (χ0v) is 13.9. The van der Waals surface area contributed by atoms with E-state index in [2.05, 4.69) is 4.99 Å². The quantitative estimate of drug-likeness (QED) is 0.628. The second-order valence-corrected chi connectivity index (χ2v) is 5.89. The zero-order chi connectivity index (χ0) is 17.1. The Morgan fingerprint density at radius 2 is 1.79 bits per heavy atom. The van der Waals surface area contributed by atoms with Crippen molar-refractivity contribution >= 4 is 17.9 Å². The Morgan fingerprint density at radius 1 is 1.08 bits per heavy atom. The lowest BCUT2D eigenvalue weighted by atomic mass is 10.1. The molecule has 0 atom stereocenters. The maximum atomic E-state index is 12.1. The third-order valence-corrected chi connectivity index (χ3v) is 3.55. The average molecular weight is 321 g/mol. The van der Waals surface area contributed by atoms with E-state index >= 15 is 0 Å². The number of benzene rings is 2. The molecule has 1 aliphatic rings. The highest BCUT2D eigenvalue weighted by molar-refractivity contribution is 6.13. The standard InChI is InChI=1S/C20H19NO3/c1-13(2)23-16-10-8-15(9-11-16)12-18-20(22)24-19(21-18)17-7-5-4-6-14(17)3/h4-13H,1-3H3/b18-12-. The Bertz CT molecular complexity index is 817. The molecule has 0 bridgehead atoms. The molecule has 1 aliphatic heterocycles. The molecule has 0 fully saturated rings. The fourth-order valence-corrected chi connectivity index (χ4v) is 2.41. The topological polar surface area (TPSA) is 47.9 Å². The molecule has 0 aromatic heterocycles. The van der Waals surface area contributed by atoms with Crippen molar-refractivity contribution in [3.63, 3.8) is 0 Å². The maximum absolute atomic E-state index is 12.1. The molecular formula is C20H19NO3. The van der Waals surface area contributed by atoms with Crippen molar-refractivity contribution in [2.75, 3.05) is 0 Å². The molecule has 0 spiro atoms. The van der Waals surface area contributed by atoms with Gasteiger partial charge in [0.25, 0.3) is 0 Å². The first-order valence-corrected chi connectivity index (χ1v) is 7.88. The highest BCUT2D eigenvalue weighted by Gasteiger charge is 2.24. The minimum atomic E-state index is -0.434. The average Bonchev–Trinajstić information content (AvgIpc) is 2.90. The summed E-state index contributed by atoms with van der Waals surface area (Å²) in [6, 6.07) is 15.2. The van der Waals surface area contributed by atoms with E-state index in [1.54, 1.807) is 6.08 Å². The van der Waals surface area contributed by atoms with E-state index in [1.165, 1.54) is 0 Å². The van der Waals surface area contributed by atoms with Crippen LogP contribution in [0.4, 0.5) is 0 Å². The van der Waals surface area contributed by atoms with Gasteiger partial charge in [-0.15, -0.1) is 0 Å². The number of carbonyl (C=O) groups excluding carboxylic acids is 1. The first-order valence-electron chi connectivity index (χ1n) is 7.88. The van der Waals surface area contributed by atoms with Gasteiger partial charge < -0.3 is 9.47 Å². The third kappa shape index (κ3) is 3.54. The molecule has 0 N–H and O–H groups in total. The summed E-state index contributed by atoms with van der Waals surface area (Å²) in [5.41, 5.74) is 3.01. The predicted molar refractivity (Wildman–Crippen MR) is 94.0 cm³/mol. The molecule has 0 saturated carbocycles. The lowest BCUT2D eigenvalue weighted by Gasteiger charge is -2.09. The molecule has 122 valence electrons. The summed E-state index contributed by atoms with van der Waals surface area (Å²) in [6.45, 7) is 5.92. The Morgan fingerprint density at radius 3 is 2.46 bits per heavy atom. The van der Waals surface area contributed by atoms with Crippen molar-refractivity contribution in [1.82, 2.24) is 0 Å². The van der Waals surface area contributed by atoms with Gasteiger partial charge in [0.05, 0.1) is 6.10 Å². The van der Waals surface area contributed by atoms with Crippen LogP contribution in [-0.4, -0.2) is 18.0 Å². The largest absolute Gasteiger partial charge is 0.491 e. The Hall–Kier alpha value is -2.88. The molecule has 1 heterocycles. The van der Waals surface area contributed by atoms with Crippen molar-refractivity contribution in [3.05, 3.63) is 70.9 Å². The fourth-order valence-electron chi connectivity index (χ4n) is 2.41. The van der Waals surface area contributed by atoms with Gasteiger partial charge in [0.1, 0.15) is 5.75 Å². The fraction of sp³-hybridized carbons (Fsp3) is 0.200. The van der Waals surface area contributed by atoms with Crippen LogP contribution in [0.1, 0.15) is 30.5 Å². The number of cyclic esters (lactones) is 1. The van der Waals surface area contributed by atoms with Gasteiger partial charge in [0, 0.05) is 5.56 Å². The van der Waals surface area contributed by atoms with E-state index in [1.807, 2.05) is 69.3 Å². The van der Waals surface area contributed by atoms with Crippen LogP contribution in [0, 0.1) is 6.92 Å². The number of aryl methyl sites for hydroxylation is 1. The van der Waals surface area contributed by atoms with E-state index < -0.39 is 5.97 Å². The van der Waals surface area contributed by atoms with Crippen LogP contribution in [-0.2, 0) is 9.53 Å². The zero-order valence-electron chi connectivity index (χ0n) is 13.9. The van der Waals surface area contributed by atoms with E-state index in [-0.39, 0.29) is 6.10 Å². The van der Waals surface area contributed by atoms with Crippen molar-refractivity contribution in [3.8, 4) is 5.75 Å². The monoisotopic (exact) mass is 321 g/mol. The van der Waals surface area contributed by atoms with Crippen molar-refractivity contribution in [2.24, 2.45) is 4.99 Å². The first-order chi connectivity index (χ1) is 11.5. The van der Waals surface area contributed by atoms with Gasteiger partial charge in [0.2, 0.25) is 5.90 Å². The lowest BCUT2D eigenvalue weighted by molar-refractivity contribution is -0.129. The SMILES string of the molecule is Cc1ccccc1C1=N/C(=C\c2ccc(OC(C)C)cc2)C(=O)O1. The minimum absolute atomic E-state index is 0.125. The molecule has 0 saturated heterocycles. The number of aliphatic imine (C=N–C) groups is 1. The van der Waals surface area contributed by atoms with Crippen LogP contribution in [0.5, 0.6) is 5.75 Å². The molecule has 2 aromatic rings. The van der Waals surface area contributed by atoms with Gasteiger partial charge in [-0.3, -0.25) is 0 Å². The smallest absolute Gasteiger partial charge is 0.363 e. The Balaban J connectivity index is 1.85. The van der Waals surface area contributed by atoms with E-state index in [4.69, 9.17) is 9.47 Å². The summed E-state index contributed by atoms with van der Waals surface area (Å²) in [5, 5.41) is 0. The van der Waals surface area contributed by atoms with Crippen LogP contribution in [0.3, 0.4) is 0 Å². The van der Waals surface area contributed by atoms with Crippen LogP contribution in [0.15, 0.2) is 59.2 Å². The normalized spacial score (nSPS) is 15.6. The summed E-state index contributed by atoms with van der Waals surface area (Å²) < 4.78 is 10.9. The highest BCUT2D eigenvalue weighted by atomic mass is 16.6. The number of carbonyl (C=O) groups is 1. The number of ether oxygens (including phenoxy) is 2. The molecule has 0 amide bonds. The van der Waals surface area contributed by atoms with Gasteiger partial charge in [-0.05, 0) is 56.2 Å². The summed E-state index contributed by atoms with van der Waals surface area (Å²) >= 11 is 0. The van der Waals surface area contributed by atoms with E-state index in [0.717, 1.165) is 22.4 Å². The van der Waals surface area contributed by atoms with Crippen molar-refractivity contribution in [1.29, 1.82) is 0 Å². The van der Waals surface area contributed by atoms with E-state index in [0.29, 0.717) is 11.6 Å². The van der Waals surface area contributed by atoms with Crippen molar-refractivity contribution < 1.29 is 14.3 Å². The predicted octanol–water partition coefficient (Wildman–Crippen LogP) is 4.13. The van der Waals surface area contributed by atoms with Gasteiger partial charge in [-0.2, -0.15) is 0 Å². The molecular weight excluding hydrogens is 302 g/mol. The van der Waals surface area contributed by atoms with Crippen LogP contribution >= 0.6 is 0 Å². The first kappa shape index (κ1) is 16.0. The second kappa shape index (κ2) is 6.71. The third-order valence-electron chi connectivity index (χ3n) is 3.55. The van der Waals surface area contributed by atoms with Crippen LogP contribution in [0.2, 0.25) is 0 Å². The molecule has 0 radical (unpaired) electrons. The van der Waals surface area contributed by atoms with Crippen LogP contribution < -0.4 is 4.74 Å². The molecule has 24 heavy (non-hydrogen) atoms. The molecule has 2 aromatic carbocycles. The number of hydrogen-bond acceptors (Lipinski definition) is 4. The van der Waals surface area contributed by atoms with Gasteiger partial charge in [-0.25, -0.2) is 9.79 Å². The number of hydrogen-bond donors (Lipinski definition) is 0. The summed E-state index contributed by atoms with van der Waals surface area (Å²) in [5.74, 6) is 0.713. The maximum Gasteiger partial charge on any atom is 0.363 e. The van der Waals surface area contributed by atoms with Gasteiger partial charge in [0.15, 0.2) is 5.70 Å². The molecule has 4 nitrogen and oxygen atoms in total. The second-order valence-electron chi connectivity index (χ2n) is 5.89. The number of esters is 1.